The number of carbonyl (C=O) groups excluding carboxylic acids is 1. The van der Waals surface area contributed by atoms with Crippen molar-refractivity contribution in [3.05, 3.63) is 41.5 Å². The van der Waals surface area contributed by atoms with Crippen molar-refractivity contribution in [3.63, 3.8) is 0 Å². The standard InChI is InChI=1S/C16H21N5O3S/c1-11-15(12(2)20-19-11)25(23,24)21-9-6-13(7-10-21)18-16(22)14-5-3-4-8-17-14/h3-5,8,13H,6-7,9-10H2,1-2H3,(H,18,22)(H,19,20). The quantitative estimate of drug-likeness (QED) is 0.843. The normalized spacial score (nSPS) is 16.7. The first-order valence-electron chi connectivity index (χ1n) is 8.13. The Morgan fingerprint density at radius 2 is 2.00 bits per heavy atom. The van der Waals surface area contributed by atoms with Gasteiger partial charge in [-0.3, -0.25) is 14.9 Å². The first-order chi connectivity index (χ1) is 11.9. The molecule has 0 radical (unpaired) electrons. The molecule has 9 heteroatoms. The molecule has 0 atom stereocenters. The van der Waals surface area contributed by atoms with E-state index < -0.39 is 10.0 Å². The third-order valence-electron chi connectivity index (χ3n) is 4.35. The SMILES string of the molecule is Cc1n[nH]c(C)c1S(=O)(=O)N1CCC(NC(=O)c2ccccn2)CC1. The molecule has 0 aliphatic carbocycles. The molecule has 0 aromatic carbocycles. The maximum Gasteiger partial charge on any atom is 0.270 e. The molecule has 3 rings (SSSR count). The number of carbonyl (C=O) groups is 1. The Hall–Kier alpha value is -2.26. The molecule has 1 amide bonds. The number of sulfonamides is 1. The Bertz CT molecular complexity index is 836. The van der Waals surface area contributed by atoms with E-state index in [9.17, 15) is 13.2 Å². The number of hydrogen-bond acceptors (Lipinski definition) is 5. The molecule has 3 heterocycles. The molecule has 1 aliphatic heterocycles. The highest BCUT2D eigenvalue weighted by atomic mass is 32.2. The van der Waals surface area contributed by atoms with Crippen molar-refractivity contribution in [2.75, 3.05) is 13.1 Å². The van der Waals surface area contributed by atoms with E-state index in [1.807, 2.05) is 0 Å². The van der Waals surface area contributed by atoms with Crippen LogP contribution in [0.5, 0.6) is 0 Å². The van der Waals surface area contributed by atoms with Crippen molar-refractivity contribution in [2.24, 2.45) is 0 Å². The van der Waals surface area contributed by atoms with E-state index in [0.29, 0.717) is 43.0 Å². The molecule has 1 fully saturated rings. The van der Waals surface area contributed by atoms with Crippen molar-refractivity contribution in [3.8, 4) is 0 Å². The number of rotatable bonds is 4. The molecule has 0 spiro atoms. The lowest BCUT2D eigenvalue weighted by Crippen LogP contribution is -2.46. The molecule has 0 bridgehead atoms. The Kier molecular flexibility index (Phi) is 4.87. The van der Waals surface area contributed by atoms with Crippen LogP contribution in [0.25, 0.3) is 0 Å². The summed E-state index contributed by atoms with van der Waals surface area (Å²) in [6.45, 7) is 4.10. The second-order valence-corrected chi connectivity index (χ2v) is 8.00. The van der Waals surface area contributed by atoms with E-state index in [0.717, 1.165) is 0 Å². The van der Waals surface area contributed by atoms with Crippen LogP contribution >= 0.6 is 0 Å². The van der Waals surface area contributed by atoms with Crippen LogP contribution in [0.4, 0.5) is 0 Å². The first kappa shape index (κ1) is 17.6. The Morgan fingerprint density at radius 3 is 2.56 bits per heavy atom. The summed E-state index contributed by atoms with van der Waals surface area (Å²) in [5.74, 6) is -0.233. The second-order valence-electron chi connectivity index (χ2n) is 6.13. The highest BCUT2D eigenvalue weighted by molar-refractivity contribution is 7.89. The van der Waals surface area contributed by atoms with Gasteiger partial charge in [-0.1, -0.05) is 6.07 Å². The van der Waals surface area contributed by atoms with E-state index in [-0.39, 0.29) is 16.8 Å². The summed E-state index contributed by atoms with van der Waals surface area (Å²) < 4.78 is 27.1. The van der Waals surface area contributed by atoms with Gasteiger partial charge in [-0.15, -0.1) is 0 Å². The Morgan fingerprint density at radius 1 is 1.28 bits per heavy atom. The molecule has 0 saturated carbocycles. The van der Waals surface area contributed by atoms with Crippen LogP contribution in [0.1, 0.15) is 34.7 Å². The van der Waals surface area contributed by atoms with Crippen molar-refractivity contribution < 1.29 is 13.2 Å². The van der Waals surface area contributed by atoms with E-state index >= 15 is 0 Å². The summed E-state index contributed by atoms with van der Waals surface area (Å²) in [4.78, 5) is 16.4. The number of piperidine rings is 1. The summed E-state index contributed by atoms with van der Waals surface area (Å²) in [7, 11) is -3.57. The number of aryl methyl sites for hydroxylation is 2. The van der Waals surface area contributed by atoms with Gasteiger partial charge < -0.3 is 5.32 Å². The van der Waals surface area contributed by atoms with Crippen molar-refractivity contribution in [1.82, 2.24) is 24.8 Å². The van der Waals surface area contributed by atoms with Gasteiger partial charge in [-0.05, 0) is 38.8 Å². The van der Waals surface area contributed by atoms with E-state index in [1.165, 1.54) is 4.31 Å². The number of nitrogens with one attached hydrogen (secondary N) is 2. The van der Waals surface area contributed by atoms with Gasteiger partial charge in [0, 0.05) is 25.3 Å². The zero-order chi connectivity index (χ0) is 18.0. The van der Waals surface area contributed by atoms with Gasteiger partial charge in [-0.2, -0.15) is 9.40 Å². The lowest BCUT2D eigenvalue weighted by atomic mass is 10.1. The van der Waals surface area contributed by atoms with Gasteiger partial charge >= 0.3 is 0 Å². The molecule has 1 saturated heterocycles. The summed E-state index contributed by atoms with van der Waals surface area (Å²) in [6, 6.07) is 5.10. The fraction of sp³-hybridized carbons (Fsp3) is 0.438. The van der Waals surface area contributed by atoms with Crippen LogP contribution in [-0.2, 0) is 10.0 Å². The van der Waals surface area contributed by atoms with Crippen LogP contribution in [0.15, 0.2) is 29.3 Å². The lowest BCUT2D eigenvalue weighted by molar-refractivity contribution is 0.0919. The predicted molar refractivity (Wildman–Crippen MR) is 91.5 cm³/mol. The number of nitrogens with zero attached hydrogens (tertiary/aromatic N) is 3. The van der Waals surface area contributed by atoms with Gasteiger partial charge in [0.15, 0.2) is 0 Å². The molecule has 25 heavy (non-hydrogen) atoms. The molecular formula is C16H21N5O3S. The van der Waals surface area contributed by atoms with E-state index in [4.69, 9.17) is 0 Å². The van der Waals surface area contributed by atoms with Gasteiger partial charge in [-0.25, -0.2) is 8.42 Å². The number of hydrogen-bond donors (Lipinski definition) is 2. The van der Waals surface area contributed by atoms with Gasteiger partial charge in [0.2, 0.25) is 10.0 Å². The third-order valence-corrected chi connectivity index (χ3v) is 6.51. The van der Waals surface area contributed by atoms with Gasteiger partial charge in [0.1, 0.15) is 10.6 Å². The number of amides is 1. The highest BCUT2D eigenvalue weighted by Gasteiger charge is 2.33. The van der Waals surface area contributed by atoms with E-state index in [2.05, 4.69) is 20.5 Å². The minimum absolute atomic E-state index is 0.0625. The van der Waals surface area contributed by atoms with Gasteiger partial charge in [0.25, 0.3) is 5.91 Å². The number of pyridine rings is 1. The third kappa shape index (κ3) is 3.57. The Balaban J connectivity index is 1.63. The molecule has 8 nitrogen and oxygen atoms in total. The number of H-pyrrole nitrogens is 1. The maximum atomic E-state index is 12.8. The highest BCUT2D eigenvalue weighted by Crippen LogP contribution is 2.24. The molecule has 2 aromatic rings. The second kappa shape index (κ2) is 6.93. The molecule has 2 aromatic heterocycles. The number of aromatic amines is 1. The molecule has 2 N–H and O–H groups in total. The van der Waals surface area contributed by atoms with Crippen LogP contribution < -0.4 is 5.32 Å². The largest absolute Gasteiger partial charge is 0.348 e. The maximum absolute atomic E-state index is 12.8. The summed E-state index contributed by atoms with van der Waals surface area (Å²) in [5, 5.41) is 9.61. The first-order valence-corrected chi connectivity index (χ1v) is 9.57. The minimum Gasteiger partial charge on any atom is -0.348 e. The van der Waals surface area contributed by atoms with Gasteiger partial charge in [0.05, 0.1) is 11.4 Å². The molecule has 134 valence electrons. The van der Waals surface area contributed by atoms with E-state index in [1.54, 1.807) is 38.2 Å². The fourth-order valence-electron chi connectivity index (χ4n) is 3.05. The van der Waals surface area contributed by atoms with Crippen LogP contribution in [0, 0.1) is 13.8 Å². The number of aromatic nitrogens is 3. The molecule has 0 unspecified atom stereocenters. The molecule has 1 aliphatic rings. The monoisotopic (exact) mass is 363 g/mol. The van der Waals surface area contributed by atoms with Crippen LogP contribution in [0.2, 0.25) is 0 Å². The minimum atomic E-state index is -3.57. The summed E-state index contributed by atoms with van der Waals surface area (Å²) in [6.07, 6.45) is 2.70. The van der Waals surface area contributed by atoms with Crippen LogP contribution in [-0.4, -0.2) is 52.9 Å². The van der Waals surface area contributed by atoms with Crippen molar-refractivity contribution in [2.45, 2.75) is 37.6 Å². The average molecular weight is 363 g/mol. The fourth-order valence-corrected chi connectivity index (χ4v) is 4.85. The zero-order valence-corrected chi connectivity index (χ0v) is 15.0. The topological polar surface area (TPSA) is 108 Å². The van der Waals surface area contributed by atoms with Crippen LogP contribution in [0.3, 0.4) is 0 Å². The summed E-state index contributed by atoms with van der Waals surface area (Å²) in [5.41, 5.74) is 1.38. The molecular weight excluding hydrogens is 342 g/mol. The lowest BCUT2D eigenvalue weighted by Gasteiger charge is -2.31. The van der Waals surface area contributed by atoms with Crippen molar-refractivity contribution in [1.29, 1.82) is 0 Å². The zero-order valence-electron chi connectivity index (χ0n) is 14.2. The van der Waals surface area contributed by atoms with Crippen molar-refractivity contribution >= 4 is 15.9 Å². The Labute approximate surface area is 146 Å². The average Bonchev–Trinajstić information content (AvgIpc) is 2.95. The predicted octanol–water partition coefficient (Wildman–Crippen LogP) is 1.00. The summed E-state index contributed by atoms with van der Waals surface area (Å²) >= 11 is 0. The smallest absolute Gasteiger partial charge is 0.270 e.